The molecule has 1 aromatic heterocycles. The van der Waals surface area contributed by atoms with Gasteiger partial charge < -0.3 is 10.2 Å². The van der Waals surface area contributed by atoms with Crippen molar-refractivity contribution in [2.24, 2.45) is 0 Å². The van der Waals surface area contributed by atoms with Gasteiger partial charge in [0.2, 0.25) is 0 Å². The fraction of sp³-hybridized carbons (Fsp3) is 0.0169. The first kappa shape index (κ1) is 36.0. The molecule has 0 radical (unpaired) electrons. The Morgan fingerprint density at radius 1 is 0.460 bits per heavy atom. The van der Waals surface area contributed by atoms with Gasteiger partial charge in [-0.2, -0.15) is 0 Å². The second-order valence-electron chi connectivity index (χ2n) is 16.8. The predicted octanol–water partition coefficient (Wildman–Crippen LogP) is 14.2. The number of benzene rings is 10. The van der Waals surface area contributed by atoms with E-state index in [2.05, 4.69) is 235 Å². The van der Waals surface area contributed by atoms with Gasteiger partial charge in [-0.25, -0.2) is 0 Å². The highest BCUT2D eigenvalue weighted by atomic mass is 32.1. The number of hydrogen-bond acceptors (Lipinski definition) is 3. The number of para-hydroxylation sites is 2. The number of rotatable bonds is 6. The van der Waals surface area contributed by atoms with E-state index < -0.39 is 5.41 Å². The molecule has 63 heavy (non-hydrogen) atoms. The van der Waals surface area contributed by atoms with Crippen molar-refractivity contribution in [2.75, 3.05) is 10.2 Å². The van der Waals surface area contributed by atoms with Crippen molar-refractivity contribution in [2.45, 2.75) is 5.41 Å². The molecule has 0 unspecified atom stereocenters. The molecule has 2 nitrogen and oxygen atoms in total. The zero-order valence-electron chi connectivity index (χ0n) is 34.4. The molecule has 2 aliphatic heterocycles. The summed E-state index contributed by atoms with van der Waals surface area (Å²) in [5.74, 6) is 0. The minimum atomic E-state index is -0.518. The fourth-order valence-electron chi connectivity index (χ4n) is 10.9. The molecular formula is C59H39BN2S. The van der Waals surface area contributed by atoms with Gasteiger partial charge in [-0.1, -0.05) is 200 Å². The lowest BCUT2D eigenvalue weighted by molar-refractivity contribution is 0.732. The van der Waals surface area contributed by atoms with Crippen LogP contribution in [0.2, 0.25) is 0 Å². The van der Waals surface area contributed by atoms with Crippen LogP contribution in [-0.2, 0) is 5.41 Å². The van der Waals surface area contributed by atoms with Gasteiger partial charge in [0.05, 0.1) is 21.5 Å². The van der Waals surface area contributed by atoms with Gasteiger partial charge in [0.25, 0.3) is 0 Å². The van der Waals surface area contributed by atoms with Crippen LogP contribution in [0.4, 0.5) is 28.4 Å². The van der Waals surface area contributed by atoms with Gasteiger partial charge in [-0.15, -0.1) is 11.3 Å². The second kappa shape index (κ2) is 14.2. The third-order valence-electron chi connectivity index (χ3n) is 13.5. The Bertz CT molecular complexity index is 3540. The van der Waals surface area contributed by atoms with Crippen LogP contribution in [0.15, 0.2) is 224 Å². The molecule has 0 bridgehead atoms. The molecule has 2 aliphatic rings. The highest BCUT2D eigenvalue weighted by Gasteiger charge is 2.48. The molecule has 294 valence electrons. The number of thiophene rings is 1. The lowest BCUT2D eigenvalue weighted by Gasteiger charge is -2.49. The molecule has 4 heteroatoms. The Hall–Kier alpha value is -7.66. The molecule has 10 aromatic carbocycles. The summed E-state index contributed by atoms with van der Waals surface area (Å²) in [7, 11) is 0.794. The van der Waals surface area contributed by atoms with Crippen LogP contribution in [0.5, 0.6) is 0 Å². The first-order valence-electron chi connectivity index (χ1n) is 21.8. The van der Waals surface area contributed by atoms with Crippen molar-refractivity contribution in [1.82, 2.24) is 0 Å². The summed E-state index contributed by atoms with van der Waals surface area (Å²) in [5, 5.41) is 9.13. The standard InChI is InChI=1S/C59H39BN2S/c1-4-18-38(19-5-1)39-34-35-46(51(36-39)61-50-31-16-27-45-44-26-12-15-33-54(44)63-58(45)50)55-43-25-11-10-20-40(43)37-53-56(55)60-49-30-17-29-48-57(49)62(53)52-32-14-13-28-47(52)59(48,41-21-6-2-7-22-41)42-23-8-3-9-24-42/h1-37,60-61H. The summed E-state index contributed by atoms with van der Waals surface area (Å²) in [6.07, 6.45) is 0. The zero-order valence-corrected chi connectivity index (χ0v) is 35.2. The number of nitrogens with one attached hydrogen (secondary N) is 1. The second-order valence-corrected chi connectivity index (χ2v) is 17.9. The van der Waals surface area contributed by atoms with Crippen LogP contribution in [-0.4, -0.2) is 7.28 Å². The summed E-state index contributed by atoms with van der Waals surface area (Å²) in [4.78, 5) is 2.60. The van der Waals surface area contributed by atoms with Crippen molar-refractivity contribution in [3.8, 4) is 22.3 Å². The molecule has 0 aliphatic carbocycles. The summed E-state index contributed by atoms with van der Waals surface area (Å²) in [6.45, 7) is 0. The van der Waals surface area contributed by atoms with E-state index in [1.807, 2.05) is 11.3 Å². The molecule has 0 amide bonds. The third-order valence-corrected chi connectivity index (χ3v) is 14.7. The number of hydrogen-bond donors (Lipinski definition) is 1. The lowest BCUT2D eigenvalue weighted by atomic mass is 9.54. The smallest absolute Gasteiger partial charge is 0.198 e. The maximum Gasteiger partial charge on any atom is 0.198 e. The average Bonchev–Trinajstić information content (AvgIpc) is 3.74. The van der Waals surface area contributed by atoms with Gasteiger partial charge in [0.15, 0.2) is 7.28 Å². The Balaban J connectivity index is 1.08. The topological polar surface area (TPSA) is 15.3 Å². The first-order valence-corrected chi connectivity index (χ1v) is 22.6. The summed E-state index contributed by atoms with van der Waals surface area (Å²) in [6, 6.07) is 83.1. The molecule has 0 saturated carbocycles. The van der Waals surface area contributed by atoms with Gasteiger partial charge in [-0.3, -0.25) is 0 Å². The van der Waals surface area contributed by atoms with Crippen molar-refractivity contribution in [3.05, 3.63) is 247 Å². The highest BCUT2D eigenvalue weighted by Crippen LogP contribution is 2.58. The van der Waals surface area contributed by atoms with Gasteiger partial charge in [-0.05, 0) is 85.5 Å². The lowest BCUT2D eigenvalue weighted by Crippen LogP contribution is -2.47. The highest BCUT2D eigenvalue weighted by molar-refractivity contribution is 7.26. The van der Waals surface area contributed by atoms with Gasteiger partial charge in [0, 0.05) is 38.1 Å². The van der Waals surface area contributed by atoms with Crippen LogP contribution in [0.1, 0.15) is 22.3 Å². The van der Waals surface area contributed by atoms with E-state index in [0.29, 0.717) is 0 Å². The molecule has 0 spiro atoms. The maximum atomic E-state index is 4.08. The summed E-state index contributed by atoms with van der Waals surface area (Å²) >= 11 is 1.86. The van der Waals surface area contributed by atoms with Crippen LogP contribution in [0, 0.1) is 0 Å². The monoisotopic (exact) mass is 818 g/mol. The molecular weight excluding hydrogens is 780 g/mol. The number of nitrogens with zero attached hydrogens (tertiary/aromatic N) is 1. The Labute approximate surface area is 371 Å². The third kappa shape index (κ3) is 5.38. The zero-order chi connectivity index (χ0) is 41.5. The van der Waals surface area contributed by atoms with Crippen molar-refractivity contribution in [3.63, 3.8) is 0 Å². The molecule has 11 aromatic rings. The van der Waals surface area contributed by atoms with Gasteiger partial charge in [0.1, 0.15) is 0 Å². The summed E-state index contributed by atoms with van der Waals surface area (Å²) < 4.78 is 2.56. The van der Waals surface area contributed by atoms with Crippen LogP contribution in [0.25, 0.3) is 53.2 Å². The van der Waals surface area contributed by atoms with E-state index in [-0.39, 0.29) is 0 Å². The van der Waals surface area contributed by atoms with E-state index in [1.54, 1.807) is 0 Å². The van der Waals surface area contributed by atoms with Crippen LogP contribution >= 0.6 is 11.3 Å². The normalized spacial score (nSPS) is 13.3. The SMILES string of the molecule is B1c2cccc3c2N(c2ccccc2C3(c2ccccc2)c2ccccc2)c2cc3ccccc3c(-c3ccc(-c4ccccc4)cc3Nc3cccc4c3sc3ccccc34)c21. The number of anilines is 5. The van der Waals surface area contributed by atoms with Crippen molar-refractivity contribution in [1.29, 1.82) is 0 Å². The van der Waals surface area contributed by atoms with Crippen LogP contribution < -0.4 is 21.1 Å². The van der Waals surface area contributed by atoms with Gasteiger partial charge >= 0.3 is 0 Å². The fourth-order valence-corrected chi connectivity index (χ4v) is 12.1. The van der Waals surface area contributed by atoms with E-state index in [0.717, 1.165) is 18.7 Å². The largest absolute Gasteiger partial charge is 0.354 e. The Morgan fingerprint density at radius 3 is 1.92 bits per heavy atom. The number of fused-ring (bicyclic) bond motifs is 8. The molecule has 3 heterocycles. The molecule has 0 saturated heterocycles. The molecule has 0 atom stereocenters. The minimum Gasteiger partial charge on any atom is -0.354 e. The van der Waals surface area contributed by atoms with E-state index >= 15 is 0 Å². The van der Waals surface area contributed by atoms with E-state index in [1.165, 1.54) is 103 Å². The Kier molecular flexibility index (Phi) is 8.13. The molecule has 13 rings (SSSR count). The maximum absolute atomic E-state index is 4.08. The van der Waals surface area contributed by atoms with E-state index in [4.69, 9.17) is 0 Å². The summed E-state index contributed by atoms with van der Waals surface area (Å²) in [5.41, 5.74) is 18.0. The van der Waals surface area contributed by atoms with Crippen molar-refractivity contribution < 1.29 is 0 Å². The van der Waals surface area contributed by atoms with Crippen LogP contribution in [0.3, 0.4) is 0 Å². The predicted molar refractivity (Wildman–Crippen MR) is 270 cm³/mol. The average molecular weight is 819 g/mol. The molecule has 0 fully saturated rings. The molecule has 1 N–H and O–H groups in total. The van der Waals surface area contributed by atoms with Crippen molar-refractivity contribution >= 4 is 88.9 Å². The minimum absolute atomic E-state index is 0.518. The Morgan fingerprint density at radius 2 is 1.11 bits per heavy atom. The van der Waals surface area contributed by atoms with E-state index in [9.17, 15) is 0 Å². The first-order chi connectivity index (χ1) is 31.3. The quantitative estimate of drug-likeness (QED) is 0.168.